The largest absolute Gasteiger partial charge is 0.495 e. The monoisotopic (exact) mass is 257 g/mol. The number of aryl methyl sites for hydroxylation is 1. The van der Waals surface area contributed by atoms with Gasteiger partial charge in [0.05, 0.1) is 13.2 Å². The molecule has 4 nitrogen and oxygen atoms in total. The van der Waals surface area contributed by atoms with E-state index in [9.17, 15) is 0 Å². The molecule has 0 saturated carbocycles. The summed E-state index contributed by atoms with van der Waals surface area (Å²) in [4.78, 5) is 4.37. The van der Waals surface area contributed by atoms with E-state index in [-0.39, 0.29) is 6.04 Å². The van der Waals surface area contributed by atoms with Crippen molar-refractivity contribution in [1.82, 2.24) is 10.4 Å². The number of ether oxygens (including phenoxy) is 1. The number of aromatic nitrogens is 1. The lowest BCUT2D eigenvalue weighted by Crippen LogP contribution is -2.29. The van der Waals surface area contributed by atoms with Gasteiger partial charge in [0.15, 0.2) is 0 Å². The van der Waals surface area contributed by atoms with Crippen molar-refractivity contribution in [1.29, 1.82) is 0 Å². The first kappa shape index (κ1) is 13.5. The second-order valence-electron chi connectivity index (χ2n) is 4.29. The zero-order valence-corrected chi connectivity index (χ0v) is 11.3. The summed E-state index contributed by atoms with van der Waals surface area (Å²) in [6, 6.07) is 11.9. The van der Waals surface area contributed by atoms with Crippen molar-refractivity contribution in [3.8, 4) is 5.75 Å². The summed E-state index contributed by atoms with van der Waals surface area (Å²) in [5.74, 6) is 6.41. The molecule has 2 rings (SSSR count). The van der Waals surface area contributed by atoms with Crippen LogP contribution < -0.4 is 16.0 Å². The van der Waals surface area contributed by atoms with Gasteiger partial charge in [0.25, 0.3) is 0 Å². The zero-order chi connectivity index (χ0) is 13.7. The van der Waals surface area contributed by atoms with Gasteiger partial charge < -0.3 is 4.74 Å². The van der Waals surface area contributed by atoms with Crippen molar-refractivity contribution in [3.05, 3.63) is 59.4 Å². The molecule has 1 unspecified atom stereocenters. The highest BCUT2D eigenvalue weighted by Crippen LogP contribution is 2.27. The highest BCUT2D eigenvalue weighted by atomic mass is 16.5. The summed E-state index contributed by atoms with van der Waals surface area (Å²) in [5.41, 5.74) is 5.96. The van der Waals surface area contributed by atoms with Crippen LogP contribution in [0.15, 0.2) is 42.6 Å². The number of nitrogens with zero attached hydrogens (tertiary/aromatic N) is 1. The molecule has 4 heteroatoms. The van der Waals surface area contributed by atoms with Crippen LogP contribution in [0.2, 0.25) is 0 Å². The molecule has 1 heterocycles. The van der Waals surface area contributed by atoms with Gasteiger partial charge in [0.1, 0.15) is 11.4 Å². The van der Waals surface area contributed by atoms with Crippen molar-refractivity contribution < 1.29 is 4.74 Å². The Morgan fingerprint density at radius 2 is 2.00 bits per heavy atom. The number of benzene rings is 1. The van der Waals surface area contributed by atoms with Gasteiger partial charge in [-0.3, -0.25) is 10.8 Å². The van der Waals surface area contributed by atoms with E-state index in [1.165, 1.54) is 5.56 Å². The van der Waals surface area contributed by atoms with E-state index in [4.69, 9.17) is 10.6 Å². The average molecular weight is 257 g/mol. The first-order valence-electron chi connectivity index (χ1n) is 6.34. The lowest BCUT2D eigenvalue weighted by molar-refractivity contribution is 0.400. The topological polar surface area (TPSA) is 60.2 Å². The van der Waals surface area contributed by atoms with Crippen LogP contribution in [0.1, 0.15) is 29.8 Å². The van der Waals surface area contributed by atoms with Crippen LogP contribution in [0.5, 0.6) is 5.75 Å². The SMILES string of the molecule is CCc1ccc(C(NN)c2ncccc2OC)cc1. The van der Waals surface area contributed by atoms with E-state index < -0.39 is 0 Å². The molecule has 0 bridgehead atoms. The minimum Gasteiger partial charge on any atom is -0.495 e. The summed E-state index contributed by atoms with van der Waals surface area (Å²) in [6.45, 7) is 2.13. The molecule has 1 aromatic heterocycles. The predicted molar refractivity (Wildman–Crippen MR) is 75.8 cm³/mol. The van der Waals surface area contributed by atoms with E-state index >= 15 is 0 Å². The van der Waals surface area contributed by atoms with Gasteiger partial charge in [-0.05, 0) is 29.7 Å². The van der Waals surface area contributed by atoms with E-state index in [0.29, 0.717) is 0 Å². The van der Waals surface area contributed by atoms with Gasteiger partial charge in [-0.1, -0.05) is 31.2 Å². The van der Waals surface area contributed by atoms with Crippen molar-refractivity contribution in [2.75, 3.05) is 7.11 Å². The van der Waals surface area contributed by atoms with Crippen LogP contribution in [0, 0.1) is 0 Å². The number of nitrogens with one attached hydrogen (secondary N) is 1. The summed E-state index contributed by atoms with van der Waals surface area (Å²) in [6.07, 6.45) is 2.76. The van der Waals surface area contributed by atoms with Crippen molar-refractivity contribution >= 4 is 0 Å². The number of pyridine rings is 1. The summed E-state index contributed by atoms with van der Waals surface area (Å²) in [7, 11) is 1.63. The summed E-state index contributed by atoms with van der Waals surface area (Å²) >= 11 is 0. The van der Waals surface area contributed by atoms with Gasteiger partial charge in [0.2, 0.25) is 0 Å². The maximum atomic E-state index is 5.69. The van der Waals surface area contributed by atoms with Gasteiger partial charge >= 0.3 is 0 Å². The van der Waals surface area contributed by atoms with Crippen LogP contribution in [-0.4, -0.2) is 12.1 Å². The second kappa shape index (κ2) is 6.31. The third-order valence-electron chi connectivity index (χ3n) is 3.18. The third-order valence-corrected chi connectivity index (χ3v) is 3.18. The van der Waals surface area contributed by atoms with Crippen LogP contribution in [-0.2, 0) is 6.42 Å². The van der Waals surface area contributed by atoms with Crippen LogP contribution >= 0.6 is 0 Å². The Bertz CT molecular complexity index is 525. The zero-order valence-electron chi connectivity index (χ0n) is 11.3. The predicted octanol–water partition coefficient (Wildman–Crippen LogP) is 2.21. The number of rotatable bonds is 5. The molecule has 1 atom stereocenters. The second-order valence-corrected chi connectivity index (χ2v) is 4.29. The number of hydrogen-bond donors (Lipinski definition) is 2. The average Bonchev–Trinajstić information content (AvgIpc) is 2.49. The lowest BCUT2D eigenvalue weighted by atomic mass is 10.0. The fourth-order valence-corrected chi connectivity index (χ4v) is 2.07. The minimum absolute atomic E-state index is 0.179. The molecule has 1 aromatic carbocycles. The van der Waals surface area contributed by atoms with Crippen molar-refractivity contribution in [2.45, 2.75) is 19.4 Å². The molecule has 100 valence electrons. The van der Waals surface area contributed by atoms with Gasteiger partial charge in [-0.25, -0.2) is 5.43 Å². The molecular weight excluding hydrogens is 238 g/mol. The summed E-state index contributed by atoms with van der Waals surface area (Å²) < 4.78 is 5.34. The molecule has 0 radical (unpaired) electrons. The third kappa shape index (κ3) is 2.92. The molecule has 0 aliphatic heterocycles. The molecule has 0 fully saturated rings. The molecule has 3 N–H and O–H groups in total. The normalized spacial score (nSPS) is 12.2. The molecule has 0 saturated heterocycles. The Balaban J connectivity index is 2.37. The Kier molecular flexibility index (Phi) is 4.49. The Labute approximate surface area is 113 Å². The number of hydrogen-bond acceptors (Lipinski definition) is 4. The minimum atomic E-state index is -0.179. The van der Waals surface area contributed by atoms with E-state index in [1.807, 2.05) is 12.1 Å². The fourth-order valence-electron chi connectivity index (χ4n) is 2.07. The fraction of sp³-hybridized carbons (Fsp3) is 0.267. The Hall–Kier alpha value is -1.91. The maximum absolute atomic E-state index is 5.69. The first-order chi connectivity index (χ1) is 9.30. The first-order valence-corrected chi connectivity index (χ1v) is 6.34. The van der Waals surface area contributed by atoms with Crippen LogP contribution in [0.3, 0.4) is 0 Å². The van der Waals surface area contributed by atoms with Crippen molar-refractivity contribution in [2.24, 2.45) is 5.84 Å². The van der Waals surface area contributed by atoms with Gasteiger partial charge in [0, 0.05) is 6.20 Å². The van der Waals surface area contributed by atoms with E-state index in [0.717, 1.165) is 23.4 Å². The molecular formula is C15H19N3O. The smallest absolute Gasteiger partial charge is 0.142 e. The molecule has 19 heavy (non-hydrogen) atoms. The summed E-state index contributed by atoms with van der Waals surface area (Å²) in [5, 5.41) is 0. The number of hydrazine groups is 1. The highest BCUT2D eigenvalue weighted by Gasteiger charge is 2.17. The molecule has 0 spiro atoms. The lowest BCUT2D eigenvalue weighted by Gasteiger charge is -2.18. The Morgan fingerprint density at radius 1 is 1.26 bits per heavy atom. The van der Waals surface area contributed by atoms with Gasteiger partial charge in [-0.2, -0.15) is 0 Å². The maximum Gasteiger partial charge on any atom is 0.142 e. The van der Waals surface area contributed by atoms with E-state index in [1.54, 1.807) is 13.3 Å². The molecule has 0 amide bonds. The van der Waals surface area contributed by atoms with Crippen LogP contribution in [0.4, 0.5) is 0 Å². The standard InChI is InChI=1S/C15H19N3O/c1-3-11-6-8-12(9-7-11)14(18-16)15-13(19-2)5-4-10-17-15/h4-10,14,18H,3,16H2,1-2H3. The molecule has 2 aromatic rings. The van der Waals surface area contributed by atoms with Gasteiger partial charge in [-0.15, -0.1) is 0 Å². The molecule has 0 aliphatic carbocycles. The van der Waals surface area contributed by atoms with E-state index in [2.05, 4.69) is 41.6 Å². The number of methoxy groups -OCH3 is 1. The van der Waals surface area contributed by atoms with Crippen LogP contribution in [0.25, 0.3) is 0 Å². The number of nitrogens with two attached hydrogens (primary N) is 1. The molecule has 0 aliphatic rings. The van der Waals surface area contributed by atoms with Crippen molar-refractivity contribution in [3.63, 3.8) is 0 Å². The highest BCUT2D eigenvalue weighted by molar-refractivity contribution is 5.37. The quantitative estimate of drug-likeness (QED) is 0.637. The Morgan fingerprint density at radius 3 is 2.58 bits per heavy atom.